The first-order valence-electron chi connectivity index (χ1n) is 6.45. The Morgan fingerprint density at radius 2 is 1.71 bits per heavy atom. The molecule has 2 aromatic carbocycles. The van der Waals surface area contributed by atoms with E-state index < -0.39 is 5.38 Å². The van der Waals surface area contributed by atoms with E-state index in [-0.39, 0.29) is 0 Å². The molecule has 3 aromatic rings. The van der Waals surface area contributed by atoms with Crippen LogP contribution in [0.15, 0.2) is 63.9 Å². The molecule has 0 bridgehead atoms. The number of rotatable bonds is 4. The number of halogens is 1. The summed E-state index contributed by atoms with van der Waals surface area (Å²) in [4.78, 5) is 1.10. The van der Waals surface area contributed by atoms with Crippen molar-refractivity contribution in [2.75, 3.05) is 6.26 Å². The van der Waals surface area contributed by atoms with E-state index in [2.05, 4.69) is 10.2 Å². The quantitative estimate of drug-likeness (QED) is 0.512. The summed E-state index contributed by atoms with van der Waals surface area (Å²) in [5, 5.41) is 7.78. The first kappa shape index (κ1) is 14.2. The van der Waals surface area contributed by atoms with Gasteiger partial charge in [-0.1, -0.05) is 42.5 Å². The molecule has 5 heteroatoms. The molecular weight excluding hydrogens is 304 g/mol. The Labute approximate surface area is 132 Å². The predicted molar refractivity (Wildman–Crippen MR) is 85.7 cm³/mol. The molecular formula is C16H13ClN2OS. The molecule has 1 unspecified atom stereocenters. The van der Waals surface area contributed by atoms with Crippen LogP contribution in [0.25, 0.3) is 11.5 Å². The third-order valence-electron chi connectivity index (χ3n) is 3.09. The summed E-state index contributed by atoms with van der Waals surface area (Å²) < 4.78 is 5.76. The highest BCUT2D eigenvalue weighted by molar-refractivity contribution is 7.98. The highest BCUT2D eigenvalue weighted by Gasteiger charge is 2.19. The SMILES string of the molecule is CSc1ccccc1-c1nnc(C(Cl)c2ccccc2)o1. The largest absolute Gasteiger partial charge is 0.419 e. The molecule has 0 aliphatic heterocycles. The van der Waals surface area contributed by atoms with Gasteiger partial charge >= 0.3 is 0 Å². The molecule has 3 rings (SSSR count). The van der Waals surface area contributed by atoms with E-state index in [0.717, 1.165) is 16.0 Å². The number of thioether (sulfide) groups is 1. The lowest BCUT2D eigenvalue weighted by atomic mass is 10.1. The van der Waals surface area contributed by atoms with Crippen LogP contribution in [-0.4, -0.2) is 16.5 Å². The van der Waals surface area contributed by atoms with Gasteiger partial charge in [0, 0.05) is 4.90 Å². The molecule has 0 saturated heterocycles. The van der Waals surface area contributed by atoms with Crippen molar-refractivity contribution in [3.05, 3.63) is 66.1 Å². The zero-order valence-electron chi connectivity index (χ0n) is 11.4. The van der Waals surface area contributed by atoms with Crippen molar-refractivity contribution in [2.24, 2.45) is 0 Å². The fourth-order valence-electron chi connectivity index (χ4n) is 2.03. The molecule has 21 heavy (non-hydrogen) atoms. The van der Waals surface area contributed by atoms with Crippen LogP contribution in [0.3, 0.4) is 0 Å². The molecule has 1 aromatic heterocycles. The second-order valence-electron chi connectivity index (χ2n) is 4.42. The predicted octanol–water partition coefficient (Wildman–Crippen LogP) is 4.79. The Hall–Kier alpha value is -1.78. The molecule has 1 atom stereocenters. The van der Waals surface area contributed by atoms with E-state index in [0.29, 0.717) is 11.8 Å². The second-order valence-corrected chi connectivity index (χ2v) is 5.70. The van der Waals surface area contributed by atoms with E-state index in [1.54, 1.807) is 11.8 Å². The van der Waals surface area contributed by atoms with E-state index in [4.69, 9.17) is 16.0 Å². The van der Waals surface area contributed by atoms with Crippen LogP contribution in [0.1, 0.15) is 16.8 Å². The maximum Gasteiger partial charge on any atom is 0.248 e. The normalized spacial score (nSPS) is 12.3. The molecule has 0 fully saturated rings. The number of hydrogen-bond acceptors (Lipinski definition) is 4. The molecule has 0 N–H and O–H groups in total. The molecule has 0 saturated carbocycles. The summed E-state index contributed by atoms with van der Waals surface area (Å²) in [6.07, 6.45) is 2.02. The highest BCUT2D eigenvalue weighted by Crippen LogP contribution is 2.33. The van der Waals surface area contributed by atoms with E-state index in [9.17, 15) is 0 Å². The summed E-state index contributed by atoms with van der Waals surface area (Å²) in [6.45, 7) is 0. The Kier molecular flexibility index (Phi) is 4.27. The van der Waals surface area contributed by atoms with Crippen LogP contribution < -0.4 is 0 Å². The topological polar surface area (TPSA) is 38.9 Å². The summed E-state index contributed by atoms with van der Waals surface area (Å²) in [5.74, 6) is 0.908. The molecule has 106 valence electrons. The Bertz CT molecular complexity index is 730. The Balaban J connectivity index is 1.93. The van der Waals surface area contributed by atoms with Gasteiger partial charge in [0.1, 0.15) is 5.38 Å². The Morgan fingerprint density at radius 1 is 1.00 bits per heavy atom. The number of nitrogens with zero attached hydrogens (tertiary/aromatic N) is 2. The monoisotopic (exact) mass is 316 g/mol. The maximum atomic E-state index is 6.40. The fourth-order valence-corrected chi connectivity index (χ4v) is 2.86. The van der Waals surface area contributed by atoms with E-state index >= 15 is 0 Å². The number of aromatic nitrogens is 2. The summed E-state index contributed by atoms with van der Waals surface area (Å²) >= 11 is 8.05. The molecule has 0 radical (unpaired) electrons. The van der Waals surface area contributed by atoms with Crippen LogP contribution in [0.5, 0.6) is 0 Å². The van der Waals surface area contributed by atoms with Crippen molar-refractivity contribution in [3.8, 4) is 11.5 Å². The first-order chi connectivity index (χ1) is 10.3. The van der Waals surface area contributed by atoms with Crippen LogP contribution in [-0.2, 0) is 0 Å². The molecule has 1 heterocycles. The maximum absolute atomic E-state index is 6.40. The van der Waals surface area contributed by atoms with Gasteiger partial charge in [-0.2, -0.15) is 0 Å². The third-order valence-corrected chi connectivity index (χ3v) is 4.32. The Morgan fingerprint density at radius 3 is 2.48 bits per heavy atom. The van der Waals surface area contributed by atoms with Gasteiger partial charge < -0.3 is 4.42 Å². The lowest BCUT2D eigenvalue weighted by Crippen LogP contribution is -1.92. The van der Waals surface area contributed by atoms with Gasteiger partial charge in [0.2, 0.25) is 11.8 Å². The number of alkyl halides is 1. The van der Waals surface area contributed by atoms with E-state index in [1.165, 1.54) is 0 Å². The molecule has 3 nitrogen and oxygen atoms in total. The zero-order valence-corrected chi connectivity index (χ0v) is 12.9. The molecule has 0 amide bonds. The minimum Gasteiger partial charge on any atom is -0.419 e. The number of hydrogen-bond donors (Lipinski definition) is 0. The average molecular weight is 317 g/mol. The van der Waals surface area contributed by atoms with Crippen molar-refractivity contribution in [1.29, 1.82) is 0 Å². The molecule has 0 spiro atoms. The van der Waals surface area contributed by atoms with Gasteiger partial charge in [0.25, 0.3) is 0 Å². The molecule has 0 aliphatic rings. The lowest BCUT2D eigenvalue weighted by Gasteiger charge is -2.04. The van der Waals surface area contributed by atoms with Crippen LogP contribution in [0, 0.1) is 0 Å². The van der Waals surface area contributed by atoms with Gasteiger partial charge in [-0.25, -0.2) is 0 Å². The fraction of sp³-hybridized carbons (Fsp3) is 0.125. The van der Waals surface area contributed by atoms with Crippen LogP contribution in [0.2, 0.25) is 0 Å². The second kappa shape index (κ2) is 6.33. The third kappa shape index (κ3) is 2.96. The van der Waals surface area contributed by atoms with Crippen molar-refractivity contribution < 1.29 is 4.42 Å². The summed E-state index contributed by atoms with van der Waals surface area (Å²) in [6, 6.07) is 17.6. The van der Waals surface area contributed by atoms with E-state index in [1.807, 2.05) is 60.9 Å². The van der Waals surface area contributed by atoms with Gasteiger partial charge in [0.05, 0.1) is 5.56 Å². The first-order valence-corrected chi connectivity index (χ1v) is 8.11. The lowest BCUT2D eigenvalue weighted by molar-refractivity contribution is 0.512. The minimum atomic E-state index is -0.436. The average Bonchev–Trinajstić information content (AvgIpc) is 3.04. The van der Waals surface area contributed by atoms with Crippen LogP contribution in [0.4, 0.5) is 0 Å². The van der Waals surface area contributed by atoms with Crippen LogP contribution >= 0.6 is 23.4 Å². The van der Waals surface area contributed by atoms with Gasteiger partial charge in [-0.15, -0.1) is 33.6 Å². The molecule has 0 aliphatic carbocycles. The minimum absolute atomic E-state index is 0.411. The summed E-state index contributed by atoms with van der Waals surface area (Å²) in [7, 11) is 0. The zero-order chi connectivity index (χ0) is 14.7. The smallest absolute Gasteiger partial charge is 0.248 e. The highest BCUT2D eigenvalue weighted by atomic mass is 35.5. The number of benzene rings is 2. The van der Waals surface area contributed by atoms with Crippen molar-refractivity contribution in [1.82, 2.24) is 10.2 Å². The standard InChI is InChI=1S/C16H13ClN2OS/c1-21-13-10-6-5-9-12(13)15-18-19-16(20-15)14(17)11-7-3-2-4-8-11/h2-10,14H,1H3. The van der Waals surface area contributed by atoms with Gasteiger partial charge in [-0.3, -0.25) is 0 Å². The van der Waals surface area contributed by atoms with Crippen molar-refractivity contribution >= 4 is 23.4 Å². The summed E-state index contributed by atoms with van der Waals surface area (Å²) in [5.41, 5.74) is 1.87. The van der Waals surface area contributed by atoms with Gasteiger partial charge in [-0.05, 0) is 24.0 Å². The van der Waals surface area contributed by atoms with Gasteiger partial charge in [0.15, 0.2) is 0 Å². The van der Waals surface area contributed by atoms with Crippen molar-refractivity contribution in [3.63, 3.8) is 0 Å². The van der Waals surface area contributed by atoms with Crippen molar-refractivity contribution in [2.45, 2.75) is 10.3 Å².